The van der Waals surface area contributed by atoms with Crippen LogP contribution in [0.15, 0.2) is 84.9 Å². The van der Waals surface area contributed by atoms with Gasteiger partial charge in [0.05, 0.1) is 0 Å². The number of hydrogen-bond acceptors (Lipinski definition) is 1. The Kier molecular flexibility index (Phi) is 9.92. The molecule has 0 aliphatic heterocycles. The SMILES string of the molecule is Cc1ccc([N-]c2ccccc2Oc2ccccc2[N-]c2ccc(C)cc2C)c(C)c1.[Cl][Ti][Cl]. The van der Waals surface area contributed by atoms with Crippen LogP contribution >= 0.6 is 18.6 Å². The Morgan fingerprint density at radius 3 is 1.32 bits per heavy atom. The molecule has 4 aromatic carbocycles. The minimum absolute atomic E-state index is 0.556. The maximum absolute atomic E-state index is 6.32. The fourth-order valence-corrected chi connectivity index (χ4v) is 3.51. The van der Waals surface area contributed by atoms with E-state index in [-0.39, 0.29) is 0 Å². The molecule has 0 unspecified atom stereocenters. The monoisotopic (exact) mass is 524 g/mol. The Bertz CT molecular complexity index is 1150. The van der Waals surface area contributed by atoms with E-state index < -0.39 is 17.0 Å². The van der Waals surface area contributed by atoms with Gasteiger partial charge in [0.1, 0.15) is 11.5 Å². The molecule has 0 heterocycles. The van der Waals surface area contributed by atoms with Gasteiger partial charge in [0.2, 0.25) is 0 Å². The van der Waals surface area contributed by atoms with E-state index in [9.17, 15) is 0 Å². The van der Waals surface area contributed by atoms with E-state index in [1.165, 1.54) is 11.1 Å². The molecule has 3 nitrogen and oxygen atoms in total. The summed E-state index contributed by atoms with van der Waals surface area (Å²) >= 11 is -0.556. The third-order valence-electron chi connectivity index (χ3n) is 5.14. The predicted molar refractivity (Wildman–Crippen MR) is 142 cm³/mol. The summed E-state index contributed by atoms with van der Waals surface area (Å²) in [5.41, 5.74) is 8.18. The van der Waals surface area contributed by atoms with Crippen LogP contribution in [0.25, 0.3) is 10.6 Å². The zero-order chi connectivity index (χ0) is 24.5. The first-order valence-electron chi connectivity index (χ1n) is 10.8. The Morgan fingerprint density at radius 2 is 0.941 bits per heavy atom. The molecule has 0 amide bonds. The molecule has 174 valence electrons. The van der Waals surface area contributed by atoms with Gasteiger partial charge < -0.3 is 15.4 Å². The molecule has 0 N–H and O–H groups in total. The minimum atomic E-state index is -0.556. The first kappa shape index (κ1) is 26.2. The van der Waals surface area contributed by atoms with Crippen LogP contribution in [0.1, 0.15) is 22.3 Å². The van der Waals surface area contributed by atoms with Crippen LogP contribution in [0, 0.1) is 27.7 Å². The summed E-state index contributed by atoms with van der Waals surface area (Å²) in [7, 11) is 9.78. The summed E-state index contributed by atoms with van der Waals surface area (Å²) in [5, 5.41) is 9.72. The summed E-state index contributed by atoms with van der Waals surface area (Å²) in [6.45, 7) is 8.33. The quantitative estimate of drug-likeness (QED) is 0.231. The van der Waals surface area contributed by atoms with E-state index in [1.807, 2.05) is 60.7 Å². The van der Waals surface area contributed by atoms with Crippen molar-refractivity contribution in [2.24, 2.45) is 0 Å². The second-order valence-corrected chi connectivity index (χ2v) is 10.5. The number of rotatable bonds is 6. The maximum atomic E-state index is 6.32. The number of halogens is 2. The molecular formula is C28H26Cl2N2OTi-2. The van der Waals surface area contributed by atoms with Gasteiger partial charge in [0.25, 0.3) is 0 Å². The number of benzene rings is 4. The van der Waals surface area contributed by atoms with Crippen molar-refractivity contribution in [3.8, 4) is 11.5 Å². The van der Waals surface area contributed by atoms with Crippen LogP contribution in [0.4, 0.5) is 22.7 Å². The molecule has 0 atom stereocenters. The van der Waals surface area contributed by atoms with Crippen LogP contribution in [0.3, 0.4) is 0 Å². The van der Waals surface area contributed by atoms with Gasteiger partial charge in [0, 0.05) is 0 Å². The Balaban J connectivity index is 0.00000103. The molecule has 34 heavy (non-hydrogen) atoms. The summed E-state index contributed by atoms with van der Waals surface area (Å²) in [6, 6.07) is 28.2. The van der Waals surface area contributed by atoms with E-state index >= 15 is 0 Å². The normalized spacial score (nSPS) is 10.1. The second kappa shape index (κ2) is 12.9. The number of ether oxygens (including phenoxy) is 1. The standard InChI is InChI=1S/C28H26N2O.2ClH.Ti/c1-19-13-15-23(21(3)17-19)29-25-9-5-7-11-27(25)31-28-12-8-6-10-26(28)30-24-16-14-20(2)18-22(24)4;;;/h5-18H,1-4H3;2*1H;/q-2;;;+2/p-2. The average Bonchev–Trinajstić information content (AvgIpc) is 2.80. The van der Waals surface area contributed by atoms with E-state index in [0.29, 0.717) is 11.5 Å². The van der Waals surface area contributed by atoms with Crippen molar-refractivity contribution < 1.29 is 21.8 Å². The van der Waals surface area contributed by atoms with Crippen molar-refractivity contribution in [3.05, 3.63) is 118 Å². The molecule has 4 aromatic rings. The van der Waals surface area contributed by atoms with Gasteiger partial charge in [-0.3, -0.25) is 0 Å². The van der Waals surface area contributed by atoms with Crippen LogP contribution < -0.4 is 4.74 Å². The van der Waals surface area contributed by atoms with Gasteiger partial charge in [-0.1, -0.05) is 106 Å². The zero-order valence-electron chi connectivity index (χ0n) is 19.6. The van der Waals surface area contributed by atoms with E-state index in [1.54, 1.807) is 0 Å². The molecule has 0 bridgehead atoms. The summed E-state index contributed by atoms with van der Waals surface area (Å²) in [4.78, 5) is 0. The number of aryl methyl sites for hydroxylation is 4. The fraction of sp³-hybridized carbons (Fsp3) is 0.143. The van der Waals surface area contributed by atoms with Gasteiger partial charge in [0.15, 0.2) is 0 Å². The molecule has 0 radical (unpaired) electrons. The summed E-state index contributed by atoms with van der Waals surface area (Å²) in [6.07, 6.45) is 0. The Hall–Kier alpha value is -2.43. The van der Waals surface area contributed by atoms with Crippen LogP contribution in [0.5, 0.6) is 11.5 Å². The Labute approximate surface area is 219 Å². The van der Waals surface area contributed by atoms with Crippen molar-refractivity contribution in [1.82, 2.24) is 0 Å². The molecule has 4 rings (SSSR count). The van der Waals surface area contributed by atoms with Gasteiger partial charge in [-0.25, -0.2) is 0 Å². The molecule has 0 aliphatic rings. The first-order valence-corrected chi connectivity index (χ1v) is 15.1. The van der Waals surface area contributed by atoms with Gasteiger partial charge >= 0.3 is 35.6 Å². The van der Waals surface area contributed by atoms with Crippen LogP contribution in [-0.4, -0.2) is 0 Å². The van der Waals surface area contributed by atoms with E-state index in [4.69, 9.17) is 34.0 Å². The molecule has 6 heteroatoms. The molecule has 0 aliphatic carbocycles. The van der Waals surface area contributed by atoms with Gasteiger partial charge in [-0.15, -0.1) is 11.4 Å². The van der Waals surface area contributed by atoms with E-state index in [2.05, 4.69) is 52.0 Å². The molecule has 0 fully saturated rings. The number of hydrogen-bond donors (Lipinski definition) is 0. The third-order valence-corrected chi connectivity index (χ3v) is 5.14. The number of para-hydroxylation sites is 4. The molecule has 0 spiro atoms. The van der Waals surface area contributed by atoms with Crippen molar-refractivity contribution in [2.45, 2.75) is 27.7 Å². The summed E-state index contributed by atoms with van der Waals surface area (Å²) in [5.74, 6) is 1.40. The predicted octanol–water partition coefficient (Wildman–Crippen LogP) is 10.8. The molecule has 0 aromatic heterocycles. The Morgan fingerprint density at radius 1 is 0.559 bits per heavy atom. The average molecular weight is 525 g/mol. The topological polar surface area (TPSA) is 37.4 Å². The second-order valence-electron chi connectivity index (χ2n) is 7.91. The zero-order valence-corrected chi connectivity index (χ0v) is 22.7. The van der Waals surface area contributed by atoms with Gasteiger partial charge in [-0.2, -0.15) is 0 Å². The molecule has 0 saturated carbocycles. The van der Waals surface area contributed by atoms with Crippen molar-refractivity contribution in [1.29, 1.82) is 0 Å². The molecular weight excluding hydrogens is 499 g/mol. The third kappa shape index (κ3) is 7.28. The first-order chi connectivity index (χ1) is 16.4. The van der Waals surface area contributed by atoms with Crippen molar-refractivity contribution >= 4 is 41.4 Å². The summed E-state index contributed by atoms with van der Waals surface area (Å²) < 4.78 is 6.32. The van der Waals surface area contributed by atoms with E-state index in [0.717, 1.165) is 33.9 Å². The number of nitrogens with zero attached hydrogens (tertiary/aromatic N) is 2. The van der Waals surface area contributed by atoms with Gasteiger partial charge in [-0.05, 0) is 39.8 Å². The van der Waals surface area contributed by atoms with Crippen LogP contribution in [-0.2, 0) is 17.0 Å². The van der Waals surface area contributed by atoms with Crippen molar-refractivity contribution in [3.63, 3.8) is 0 Å². The molecule has 0 saturated heterocycles. The van der Waals surface area contributed by atoms with Crippen LogP contribution in [0.2, 0.25) is 0 Å². The van der Waals surface area contributed by atoms with Crippen molar-refractivity contribution in [2.75, 3.05) is 0 Å². The fourth-order valence-electron chi connectivity index (χ4n) is 3.51.